The van der Waals surface area contributed by atoms with Crippen LogP contribution in [0.3, 0.4) is 0 Å². The van der Waals surface area contributed by atoms with Crippen LogP contribution in [-0.2, 0) is 20.7 Å². The van der Waals surface area contributed by atoms with Crippen LogP contribution < -0.4 is 0 Å². The van der Waals surface area contributed by atoms with Gasteiger partial charge in [-0.05, 0) is 30.5 Å². The molecule has 1 heterocycles. The SMILES string of the molecule is COC[C@@H]1CCC[C@@]12CN(C(=O)Cc1cccc(F)c1)CCO2. The monoisotopic (exact) mass is 321 g/mol. The molecule has 3 rings (SSSR count). The van der Waals surface area contributed by atoms with Gasteiger partial charge >= 0.3 is 0 Å². The predicted molar refractivity (Wildman–Crippen MR) is 84.6 cm³/mol. The van der Waals surface area contributed by atoms with E-state index in [0.717, 1.165) is 24.8 Å². The van der Waals surface area contributed by atoms with Gasteiger partial charge in [-0.1, -0.05) is 18.6 Å². The lowest BCUT2D eigenvalue weighted by Crippen LogP contribution is -2.56. The second kappa shape index (κ2) is 6.97. The molecule has 1 amide bonds. The first-order chi connectivity index (χ1) is 11.1. The molecule has 1 saturated carbocycles. The van der Waals surface area contributed by atoms with Crippen molar-refractivity contribution in [1.82, 2.24) is 4.90 Å². The Balaban J connectivity index is 1.67. The molecule has 5 heteroatoms. The fourth-order valence-electron chi connectivity index (χ4n) is 3.90. The third-order valence-electron chi connectivity index (χ3n) is 5.07. The van der Waals surface area contributed by atoms with Crippen molar-refractivity contribution in [3.05, 3.63) is 35.6 Å². The van der Waals surface area contributed by atoms with Crippen LogP contribution in [0, 0.1) is 11.7 Å². The first-order valence-electron chi connectivity index (χ1n) is 8.28. The summed E-state index contributed by atoms with van der Waals surface area (Å²) in [7, 11) is 1.71. The van der Waals surface area contributed by atoms with E-state index in [0.29, 0.717) is 32.2 Å². The van der Waals surface area contributed by atoms with Gasteiger partial charge in [-0.3, -0.25) is 4.79 Å². The molecule has 1 aromatic carbocycles. The summed E-state index contributed by atoms with van der Waals surface area (Å²) in [5.74, 6) is 0.0864. The summed E-state index contributed by atoms with van der Waals surface area (Å²) >= 11 is 0. The maximum absolute atomic E-state index is 13.3. The standard InChI is InChI=1S/C18H24FNO3/c1-22-12-15-5-3-7-18(15)13-20(8-9-23-18)17(21)11-14-4-2-6-16(19)10-14/h2,4,6,10,15H,3,5,7-9,11-13H2,1H3/t15-,18+/m0/s1. The Hall–Kier alpha value is -1.46. The molecule has 0 bridgehead atoms. The first-order valence-corrected chi connectivity index (χ1v) is 8.28. The van der Waals surface area contributed by atoms with E-state index < -0.39 is 0 Å². The van der Waals surface area contributed by atoms with Crippen molar-refractivity contribution in [2.75, 3.05) is 33.4 Å². The van der Waals surface area contributed by atoms with Crippen LogP contribution in [0.5, 0.6) is 0 Å². The number of morpholine rings is 1. The zero-order valence-corrected chi connectivity index (χ0v) is 13.6. The average Bonchev–Trinajstić information content (AvgIpc) is 2.90. The number of amides is 1. The van der Waals surface area contributed by atoms with Crippen LogP contribution in [0.1, 0.15) is 24.8 Å². The molecule has 23 heavy (non-hydrogen) atoms. The Morgan fingerprint density at radius 3 is 3.17 bits per heavy atom. The summed E-state index contributed by atoms with van der Waals surface area (Å²) in [5.41, 5.74) is 0.460. The number of methoxy groups -OCH3 is 1. The Morgan fingerprint density at radius 2 is 2.39 bits per heavy atom. The molecule has 2 aliphatic rings. The minimum atomic E-state index is -0.301. The minimum absolute atomic E-state index is 0.0429. The molecule has 0 N–H and O–H groups in total. The van der Waals surface area contributed by atoms with E-state index >= 15 is 0 Å². The highest BCUT2D eigenvalue weighted by Gasteiger charge is 2.47. The van der Waals surface area contributed by atoms with Gasteiger partial charge in [0.1, 0.15) is 5.82 Å². The number of ether oxygens (including phenoxy) is 2. The van der Waals surface area contributed by atoms with Crippen LogP contribution >= 0.6 is 0 Å². The number of nitrogens with zero attached hydrogens (tertiary/aromatic N) is 1. The molecule has 2 atom stereocenters. The molecular formula is C18H24FNO3. The van der Waals surface area contributed by atoms with Crippen molar-refractivity contribution in [3.63, 3.8) is 0 Å². The zero-order chi connectivity index (χ0) is 16.3. The van der Waals surface area contributed by atoms with Crippen molar-refractivity contribution in [1.29, 1.82) is 0 Å². The lowest BCUT2D eigenvalue weighted by molar-refractivity contribution is -0.160. The topological polar surface area (TPSA) is 38.8 Å². The van der Waals surface area contributed by atoms with Crippen molar-refractivity contribution >= 4 is 5.91 Å². The highest BCUT2D eigenvalue weighted by molar-refractivity contribution is 5.79. The lowest BCUT2D eigenvalue weighted by Gasteiger charge is -2.44. The largest absolute Gasteiger partial charge is 0.384 e. The van der Waals surface area contributed by atoms with Gasteiger partial charge in [0.2, 0.25) is 5.91 Å². The maximum Gasteiger partial charge on any atom is 0.227 e. The molecule has 1 aliphatic heterocycles. The minimum Gasteiger partial charge on any atom is -0.384 e. The number of rotatable bonds is 4. The number of benzene rings is 1. The first kappa shape index (κ1) is 16.4. The number of hydrogen-bond acceptors (Lipinski definition) is 3. The van der Waals surface area contributed by atoms with Gasteiger partial charge in [-0.25, -0.2) is 4.39 Å². The normalized spacial score (nSPS) is 27.6. The van der Waals surface area contributed by atoms with Gasteiger partial charge in [-0.15, -0.1) is 0 Å². The Bertz CT molecular complexity index is 565. The van der Waals surface area contributed by atoms with Crippen molar-refractivity contribution in [2.24, 2.45) is 5.92 Å². The molecule has 0 unspecified atom stereocenters. The summed E-state index contributed by atoms with van der Waals surface area (Å²) in [6.07, 6.45) is 3.41. The molecule has 1 saturated heterocycles. The van der Waals surface area contributed by atoms with Gasteiger partial charge in [0.15, 0.2) is 0 Å². The fraction of sp³-hybridized carbons (Fsp3) is 0.611. The van der Waals surface area contributed by atoms with E-state index in [1.165, 1.54) is 12.1 Å². The van der Waals surface area contributed by atoms with Gasteiger partial charge in [0, 0.05) is 19.6 Å². The number of hydrogen-bond donors (Lipinski definition) is 0. The van der Waals surface area contributed by atoms with E-state index in [1.807, 2.05) is 4.90 Å². The van der Waals surface area contributed by atoms with E-state index in [4.69, 9.17) is 9.47 Å². The third kappa shape index (κ3) is 3.56. The zero-order valence-electron chi connectivity index (χ0n) is 13.6. The highest BCUT2D eigenvalue weighted by atomic mass is 19.1. The molecule has 0 radical (unpaired) electrons. The summed E-state index contributed by atoms with van der Waals surface area (Å²) in [5, 5.41) is 0. The van der Waals surface area contributed by atoms with Crippen LogP contribution in [0.2, 0.25) is 0 Å². The molecule has 1 spiro atoms. The second-order valence-corrected chi connectivity index (χ2v) is 6.58. The predicted octanol–water partition coefficient (Wildman–Crippen LogP) is 2.41. The van der Waals surface area contributed by atoms with E-state index in [2.05, 4.69) is 0 Å². The van der Waals surface area contributed by atoms with Crippen LogP contribution in [-0.4, -0.2) is 49.8 Å². The maximum atomic E-state index is 13.3. The van der Waals surface area contributed by atoms with Gasteiger partial charge in [0.25, 0.3) is 0 Å². The number of carbonyl (C=O) groups excluding carboxylic acids is 1. The van der Waals surface area contributed by atoms with Crippen molar-refractivity contribution < 1.29 is 18.7 Å². The van der Waals surface area contributed by atoms with Gasteiger partial charge < -0.3 is 14.4 Å². The third-order valence-corrected chi connectivity index (χ3v) is 5.07. The van der Waals surface area contributed by atoms with E-state index in [1.54, 1.807) is 19.2 Å². The summed E-state index contributed by atoms with van der Waals surface area (Å²) in [6, 6.07) is 6.26. The van der Waals surface area contributed by atoms with Gasteiger partial charge in [0.05, 0.1) is 31.8 Å². The van der Waals surface area contributed by atoms with Crippen LogP contribution in [0.15, 0.2) is 24.3 Å². The molecule has 126 valence electrons. The van der Waals surface area contributed by atoms with Crippen molar-refractivity contribution in [3.8, 4) is 0 Å². The number of halogens is 1. The van der Waals surface area contributed by atoms with E-state index in [-0.39, 0.29) is 23.7 Å². The molecule has 4 nitrogen and oxygen atoms in total. The van der Waals surface area contributed by atoms with Crippen LogP contribution in [0.4, 0.5) is 4.39 Å². The molecular weight excluding hydrogens is 297 g/mol. The van der Waals surface area contributed by atoms with E-state index in [9.17, 15) is 9.18 Å². The Kier molecular flexibility index (Phi) is 4.97. The molecule has 2 fully saturated rings. The highest BCUT2D eigenvalue weighted by Crippen LogP contribution is 2.41. The molecule has 1 aliphatic carbocycles. The molecule has 1 aromatic rings. The van der Waals surface area contributed by atoms with Crippen LogP contribution in [0.25, 0.3) is 0 Å². The summed E-state index contributed by atoms with van der Waals surface area (Å²) in [4.78, 5) is 14.5. The fourth-order valence-corrected chi connectivity index (χ4v) is 3.90. The summed E-state index contributed by atoms with van der Waals surface area (Å²) < 4.78 is 24.7. The number of carbonyl (C=O) groups is 1. The molecule has 0 aromatic heterocycles. The Labute approximate surface area is 136 Å². The quantitative estimate of drug-likeness (QED) is 0.855. The summed E-state index contributed by atoms with van der Waals surface area (Å²) in [6.45, 7) is 2.46. The second-order valence-electron chi connectivity index (χ2n) is 6.58. The Morgan fingerprint density at radius 1 is 1.52 bits per heavy atom. The van der Waals surface area contributed by atoms with Crippen molar-refractivity contribution in [2.45, 2.75) is 31.3 Å². The average molecular weight is 321 g/mol. The lowest BCUT2D eigenvalue weighted by atomic mass is 9.89. The van der Waals surface area contributed by atoms with Gasteiger partial charge in [-0.2, -0.15) is 0 Å². The smallest absolute Gasteiger partial charge is 0.227 e.